The first-order valence-electron chi connectivity index (χ1n) is 16.2. The highest BCUT2D eigenvalue weighted by Gasteiger charge is 2.28. The second-order valence-electron chi connectivity index (χ2n) is 11.3. The van der Waals surface area contributed by atoms with Crippen LogP contribution in [-0.2, 0) is 39.0 Å². The molecule has 0 aliphatic rings. The Morgan fingerprint density at radius 3 is 2.44 bits per heavy atom. The molecule has 2 heterocycles. The smallest absolute Gasteiger partial charge is 0.480 e. The van der Waals surface area contributed by atoms with Crippen LogP contribution in [0.3, 0.4) is 0 Å². The van der Waals surface area contributed by atoms with Gasteiger partial charge in [-0.2, -0.15) is 4.98 Å². The van der Waals surface area contributed by atoms with Crippen LogP contribution in [0.2, 0.25) is 0 Å². The van der Waals surface area contributed by atoms with Gasteiger partial charge in [-0.1, -0.05) is 18.9 Å². The number of carbonyl (C=O) groups excluding carboxylic acids is 3. The van der Waals surface area contributed by atoms with E-state index in [4.69, 9.17) is 32.6 Å². The summed E-state index contributed by atoms with van der Waals surface area (Å²) in [5, 5.41) is 15.2. The molecular weight excluding hydrogens is 741 g/mol. The minimum absolute atomic E-state index is 0.0247. The molecule has 20 heteroatoms. The number of nitrogens with two attached hydrogens (primary N) is 1. The second-order valence-corrected chi connectivity index (χ2v) is 12.9. The van der Waals surface area contributed by atoms with Crippen LogP contribution < -0.4 is 26.7 Å². The molecule has 0 bridgehead atoms. The number of aryl methyl sites for hydroxylation is 1. The van der Waals surface area contributed by atoms with Crippen molar-refractivity contribution in [3.05, 3.63) is 81.4 Å². The highest BCUT2D eigenvalue weighted by Crippen LogP contribution is 2.48. The first-order valence-corrected chi connectivity index (χ1v) is 17.7. The van der Waals surface area contributed by atoms with Crippen LogP contribution in [0.5, 0.6) is 5.75 Å². The fourth-order valence-corrected chi connectivity index (χ4v) is 5.39. The van der Waals surface area contributed by atoms with Gasteiger partial charge in [-0.25, -0.2) is 24.1 Å². The maximum atomic E-state index is 12.9. The lowest BCUT2D eigenvalue weighted by Crippen LogP contribution is -2.41. The Morgan fingerprint density at radius 2 is 1.75 bits per heavy atom. The number of unbranched alkanes of at least 4 members (excludes halogenated alkanes) is 1. The number of phosphoric acid groups is 1. The number of amides is 1. The summed E-state index contributed by atoms with van der Waals surface area (Å²) in [6, 6.07) is 9.09. The summed E-state index contributed by atoms with van der Waals surface area (Å²) >= 11 is 0. The highest BCUT2D eigenvalue weighted by atomic mass is 31.2. The Hall–Kier alpha value is -6.95. The molecule has 0 aliphatic carbocycles. The minimum Gasteiger partial charge on any atom is -0.480 e. The number of nitrogens with zero attached hydrogens (tertiary/aromatic N) is 3. The largest absolute Gasteiger partial charge is 0.604 e. The number of terminal acetylenes is 2. The number of fused-ring (bicyclic) bond motifs is 1. The number of rotatable bonds is 19. The fourth-order valence-electron chi connectivity index (χ4n) is 4.64. The number of esters is 2. The summed E-state index contributed by atoms with van der Waals surface area (Å²) in [4.78, 5) is 77.1. The zero-order valence-corrected chi connectivity index (χ0v) is 30.0. The predicted molar refractivity (Wildman–Crippen MR) is 194 cm³/mol. The van der Waals surface area contributed by atoms with Gasteiger partial charge in [0.15, 0.2) is 11.2 Å². The number of phosphoric ester groups is 1. The van der Waals surface area contributed by atoms with Crippen molar-refractivity contribution in [3.63, 3.8) is 0 Å². The molecule has 19 nitrogen and oxygen atoms in total. The molecule has 1 amide bonds. The van der Waals surface area contributed by atoms with Gasteiger partial charge < -0.3 is 45.0 Å². The van der Waals surface area contributed by atoms with Crippen LogP contribution in [0.4, 0.5) is 11.6 Å². The summed E-state index contributed by atoms with van der Waals surface area (Å²) in [6.07, 6.45) is 14.5. The second kappa shape index (κ2) is 19.2. The van der Waals surface area contributed by atoms with Gasteiger partial charge in [-0.05, 0) is 68.1 Å². The number of aromatic amines is 1. The lowest BCUT2D eigenvalue weighted by atomic mass is 10.1. The summed E-state index contributed by atoms with van der Waals surface area (Å²) < 4.78 is 36.6. The lowest BCUT2D eigenvalue weighted by Gasteiger charge is -2.15. The van der Waals surface area contributed by atoms with Crippen LogP contribution in [-0.4, -0.2) is 68.1 Å². The summed E-state index contributed by atoms with van der Waals surface area (Å²) in [6.45, 7) is 1.66. The number of hydrogen-bond acceptors (Lipinski definition) is 16. The molecule has 0 aliphatic heterocycles. The summed E-state index contributed by atoms with van der Waals surface area (Å²) in [5.41, 5.74) is 6.88. The van der Waals surface area contributed by atoms with Crippen molar-refractivity contribution >= 4 is 54.4 Å². The zero-order valence-electron chi connectivity index (χ0n) is 29.1. The Morgan fingerprint density at radius 1 is 1.04 bits per heavy atom. The molecule has 55 heavy (non-hydrogen) atoms. The molecule has 0 radical (unpaired) electrons. The first-order chi connectivity index (χ1) is 26.3. The summed E-state index contributed by atoms with van der Waals surface area (Å²) in [7, 11) is -4.12. The number of aliphatic carboxylic acids is 1. The third-order valence-electron chi connectivity index (χ3n) is 7.29. The van der Waals surface area contributed by atoms with Crippen LogP contribution in [0.1, 0.15) is 57.7 Å². The third kappa shape index (κ3) is 12.0. The fraction of sp³-hybridized carbons (Fsp3) is 0.257. The number of ether oxygens (including phenoxy) is 2. The van der Waals surface area contributed by atoms with E-state index in [9.17, 15) is 33.6 Å². The number of carbonyl (C=O) groups is 4. The van der Waals surface area contributed by atoms with Crippen molar-refractivity contribution in [2.75, 3.05) is 24.3 Å². The van der Waals surface area contributed by atoms with Crippen LogP contribution >= 0.6 is 7.82 Å². The van der Waals surface area contributed by atoms with E-state index < -0.39 is 49.7 Å². The lowest BCUT2D eigenvalue weighted by molar-refractivity contribution is -0.140. The number of nitrogen functional groups attached to an aromatic ring is 1. The maximum absolute atomic E-state index is 12.9. The van der Waals surface area contributed by atoms with Crippen molar-refractivity contribution in [2.24, 2.45) is 0 Å². The topological polar surface area (TPSA) is 273 Å². The standard InChI is InChI=1S/C35H34N7O12P/c1-4-51-55(49,52-5-2)53-17-7-6-16-50-34(48)25-13-8-21(3)18-27(25)54-28(43)15-14-26(33(46)47)40-31(44)22-9-11-23(12-10-22)37-19-24-20-38-30-29(39-24)32(45)42-35(36)41-30/h1-2,8-13,18,20,26,37H,6-7,14-17,19H2,3H3,(H,40,44)(H,46,47)(H3,36,38,41,42,45)/t26-/m0/s1. The maximum Gasteiger partial charge on any atom is 0.604 e. The van der Waals surface area contributed by atoms with Crippen molar-refractivity contribution in [2.45, 2.75) is 45.2 Å². The number of H-pyrrole nitrogens is 1. The van der Waals surface area contributed by atoms with E-state index >= 15 is 0 Å². The molecule has 2 aromatic heterocycles. The molecule has 6 N–H and O–H groups in total. The van der Waals surface area contributed by atoms with Gasteiger partial charge in [0.25, 0.3) is 5.91 Å². The Bertz CT molecular complexity index is 2230. The van der Waals surface area contributed by atoms with Gasteiger partial charge in [0.2, 0.25) is 5.95 Å². The van der Waals surface area contributed by atoms with Crippen molar-refractivity contribution in [1.29, 1.82) is 0 Å². The van der Waals surface area contributed by atoms with E-state index in [0.29, 0.717) is 16.9 Å². The van der Waals surface area contributed by atoms with E-state index in [1.807, 2.05) is 0 Å². The molecular formula is C35H34N7O12P. The van der Waals surface area contributed by atoms with Crippen molar-refractivity contribution in [3.8, 4) is 30.8 Å². The highest BCUT2D eigenvalue weighted by molar-refractivity contribution is 7.48. The van der Waals surface area contributed by atoms with Crippen molar-refractivity contribution in [1.82, 2.24) is 25.3 Å². The molecule has 1 atom stereocenters. The van der Waals surface area contributed by atoms with Gasteiger partial charge in [-0.3, -0.25) is 18.9 Å². The first kappa shape index (κ1) is 40.8. The van der Waals surface area contributed by atoms with Gasteiger partial charge in [0.1, 0.15) is 29.6 Å². The normalized spacial score (nSPS) is 11.3. The molecule has 0 unspecified atom stereocenters. The quantitative estimate of drug-likeness (QED) is 0.0301. The van der Waals surface area contributed by atoms with Gasteiger partial charge >= 0.3 is 31.3 Å². The Labute approximate surface area is 312 Å². The van der Waals surface area contributed by atoms with E-state index in [0.717, 1.165) is 0 Å². The average molecular weight is 776 g/mol. The Balaban J connectivity index is 1.25. The SMILES string of the molecule is C#COP(=O)(OC#C)OCCCCOC(=O)c1ccc(C)cc1OC(=O)CC[C@H](NC(=O)c1ccc(NCc2cnc3[nH]c(N)nc(=O)c3n2)cc1)C(=O)O. The number of carboxylic acid groups (broad SMARTS) is 1. The Kier molecular flexibility index (Phi) is 14.3. The third-order valence-corrected chi connectivity index (χ3v) is 8.44. The number of carboxylic acids is 1. The molecule has 4 aromatic rings. The average Bonchev–Trinajstić information content (AvgIpc) is 3.14. The zero-order chi connectivity index (χ0) is 40.0. The molecule has 2 aromatic carbocycles. The van der Waals surface area contributed by atoms with Gasteiger partial charge in [0, 0.05) is 17.7 Å². The number of aromatic nitrogens is 4. The van der Waals surface area contributed by atoms with Crippen LogP contribution in [0, 0.1) is 32.0 Å². The molecule has 0 saturated carbocycles. The number of hydrogen-bond donors (Lipinski definition) is 5. The molecule has 4 rings (SSSR count). The molecule has 0 saturated heterocycles. The molecule has 286 valence electrons. The van der Waals surface area contributed by atoms with Crippen molar-refractivity contribution < 1.29 is 51.9 Å². The number of nitrogens with one attached hydrogen (secondary N) is 3. The van der Waals surface area contributed by atoms with Crippen LogP contribution in [0.25, 0.3) is 11.2 Å². The van der Waals surface area contributed by atoms with Gasteiger partial charge in [-0.15, -0.1) is 0 Å². The van der Waals surface area contributed by atoms with Gasteiger partial charge in [0.05, 0.1) is 31.6 Å². The number of anilines is 2. The van der Waals surface area contributed by atoms with E-state index in [2.05, 4.69) is 39.6 Å². The number of benzene rings is 2. The summed E-state index contributed by atoms with van der Waals surface area (Å²) in [5.74, 6) is -3.94. The minimum atomic E-state index is -4.12. The predicted octanol–water partition coefficient (Wildman–Crippen LogP) is 3.06. The monoisotopic (exact) mass is 775 g/mol. The van der Waals surface area contributed by atoms with Crippen LogP contribution in [0.15, 0.2) is 53.5 Å². The van der Waals surface area contributed by atoms with E-state index in [1.54, 1.807) is 37.3 Å². The van der Waals surface area contributed by atoms with E-state index in [1.165, 1.54) is 30.5 Å². The molecule has 0 spiro atoms. The molecule has 0 fully saturated rings. The van der Waals surface area contributed by atoms with E-state index in [-0.39, 0.29) is 73.0 Å².